The number of amides is 1. The maximum atomic E-state index is 13.1. The summed E-state index contributed by atoms with van der Waals surface area (Å²) in [5.74, 6) is -0.761. The minimum atomic E-state index is -4.59. The first kappa shape index (κ1) is 22.3. The van der Waals surface area contributed by atoms with Gasteiger partial charge in [0.1, 0.15) is 0 Å². The van der Waals surface area contributed by atoms with Crippen LogP contribution >= 0.6 is 0 Å². The second-order valence-corrected chi connectivity index (χ2v) is 7.17. The second-order valence-electron chi connectivity index (χ2n) is 7.17. The zero-order valence-corrected chi connectivity index (χ0v) is 16.8. The Morgan fingerprint density at radius 3 is 2.21 bits per heavy atom. The lowest BCUT2D eigenvalue weighted by atomic mass is 10.0. The van der Waals surface area contributed by atoms with Gasteiger partial charge >= 0.3 is 12.4 Å². The average molecular weight is 464 g/mol. The van der Waals surface area contributed by atoms with Crippen molar-refractivity contribution in [2.45, 2.75) is 12.4 Å². The van der Waals surface area contributed by atoms with E-state index in [1.807, 2.05) is 0 Å². The first-order chi connectivity index (χ1) is 15.4. The van der Waals surface area contributed by atoms with E-state index in [0.717, 1.165) is 30.3 Å². The molecule has 0 unspecified atom stereocenters. The molecule has 0 aliphatic rings. The number of hydrogen-bond acceptors (Lipinski definition) is 3. The van der Waals surface area contributed by atoms with E-state index in [1.54, 1.807) is 7.05 Å². The van der Waals surface area contributed by atoms with Crippen LogP contribution in [0.15, 0.2) is 60.8 Å². The van der Waals surface area contributed by atoms with Gasteiger partial charge in [-0.25, -0.2) is 4.98 Å². The molecule has 0 saturated carbocycles. The first-order valence-electron chi connectivity index (χ1n) is 9.42. The number of aromatic nitrogens is 3. The number of halogens is 6. The highest BCUT2D eigenvalue weighted by Crippen LogP contribution is 2.33. The number of rotatable bonds is 3. The predicted octanol–water partition coefficient (Wildman–Crippen LogP) is 5.93. The number of pyridine rings is 1. The topological polar surface area (TPSA) is 59.8 Å². The largest absolute Gasteiger partial charge is 0.416 e. The molecule has 0 atom stereocenters. The maximum absolute atomic E-state index is 13.1. The lowest BCUT2D eigenvalue weighted by Crippen LogP contribution is -2.14. The van der Waals surface area contributed by atoms with Gasteiger partial charge in [-0.2, -0.15) is 31.4 Å². The maximum Gasteiger partial charge on any atom is 0.416 e. The predicted molar refractivity (Wildman–Crippen MR) is 108 cm³/mol. The third kappa shape index (κ3) is 4.52. The zero-order chi connectivity index (χ0) is 24.0. The molecule has 0 radical (unpaired) electrons. The van der Waals surface area contributed by atoms with E-state index < -0.39 is 29.4 Å². The molecular weight excluding hydrogens is 450 g/mol. The van der Waals surface area contributed by atoms with Gasteiger partial charge in [-0.15, -0.1) is 0 Å². The molecule has 0 spiro atoms. The fourth-order valence-electron chi connectivity index (χ4n) is 3.28. The Morgan fingerprint density at radius 2 is 1.55 bits per heavy atom. The van der Waals surface area contributed by atoms with Gasteiger partial charge in [-0.1, -0.05) is 18.2 Å². The van der Waals surface area contributed by atoms with E-state index in [9.17, 15) is 31.1 Å². The summed E-state index contributed by atoms with van der Waals surface area (Å²) in [7, 11) is 1.54. The average Bonchev–Trinajstić information content (AvgIpc) is 3.13. The number of hydrogen-bond donors (Lipinski definition) is 1. The van der Waals surface area contributed by atoms with Crippen molar-refractivity contribution >= 4 is 22.6 Å². The SMILES string of the molecule is Cn1ncc2c(C(=O)Nc3cccc(C(F)(F)F)c3)cc(-c3cccc(C(F)(F)F)c3)nc21. The summed E-state index contributed by atoms with van der Waals surface area (Å²) in [5.41, 5.74) is -1.51. The van der Waals surface area contributed by atoms with Crippen molar-refractivity contribution in [3.63, 3.8) is 0 Å². The van der Waals surface area contributed by atoms with Crippen molar-refractivity contribution in [3.8, 4) is 11.3 Å². The molecule has 0 aliphatic carbocycles. The van der Waals surface area contributed by atoms with Gasteiger partial charge in [0.15, 0.2) is 5.65 Å². The molecule has 1 N–H and O–H groups in total. The first-order valence-corrected chi connectivity index (χ1v) is 9.42. The highest BCUT2D eigenvalue weighted by atomic mass is 19.4. The van der Waals surface area contributed by atoms with Crippen LogP contribution in [0.4, 0.5) is 32.0 Å². The van der Waals surface area contributed by atoms with Crippen LogP contribution < -0.4 is 5.32 Å². The van der Waals surface area contributed by atoms with Crippen LogP contribution in [0.3, 0.4) is 0 Å². The summed E-state index contributed by atoms with van der Waals surface area (Å²) in [6.07, 6.45) is -7.82. The standard InChI is InChI=1S/C22H14F6N4O/c1-32-19-17(11-29-32)16(20(33)30-15-7-3-6-14(9-15)22(26,27)28)10-18(31-19)12-4-2-5-13(8-12)21(23,24)25/h2-11H,1H3,(H,30,33). The molecular formula is C22H14F6N4O. The monoisotopic (exact) mass is 464 g/mol. The Balaban J connectivity index is 1.78. The molecule has 2 aromatic heterocycles. The zero-order valence-electron chi connectivity index (χ0n) is 16.8. The smallest absolute Gasteiger partial charge is 0.322 e. The van der Waals surface area contributed by atoms with E-state index in [0.29, 0.717) is 0 Å². The summed E-state index contributed by atoms with van der Waals surface area (Å²) in [5, 5.41) is 6.72. The van der Waals surface area contributed by atoms with Crippen LogP contribution in [-0.4, -0.2) is 20.7 Å². The molecule has 0 fully saturated rings. The Morgan fingerprint density at radius 1 is 0.909 bits per heavy atom. The highest BCUT2D eigenvalue weighted by molar-refractivity contribution is 6.12. The molecule has 4 aromatic rings. The Labute approximate surface area is 182 Å². The van der Waals surface area contributed by atoms with Crippen LogP contribution in [0, 0.1) is 0 Å². The van der Waals surface area contributed by atoms with Gasteiger partial charge in [0.05, 0.1) is 34.0 Å². The Bertz CT molecular complexity index is 1360. The molecule has 2 aromatic carbocycles. The Kier molecular flexibility index (Phi) is 5.35. The van der Waals surface area contributed by atoms with Gasteiger partial charge in [-0.3, -0.25) is 9.48 Å². The van der Waals surface area contributed by atoms with E-state index >= 15 is 0 Å². The van der Waals surface area contributed by atoms with E-state index in [4.69, 9.17) is 0 Å². The number of nitrogens with one attached hydrogen (secondary N) is 1. The van der Waals surface area contributed by atoms with Crippen molar-refractivity contribution in [1.29, 1.82) is 0 Å². The number of anilines is 1. The number of carbonyl (C=O) groups excluding carboxylic acids is 1. The van der Waals surface area contributed by atoms with E-state index in [-0.39, 0.29) is 33.5 Å². The molecule has 0 aliphatic heterocycles. The molecule has 5 nitrogen and oxygen atoms in total. The fraction of sp³-hybridized carbons (Fsp3) is 0.136. The molecule has 0 saturated heterocycles. The van der Waals surface area contributed by atoms with Gasteiger partial charge in [0.25, 0.3) is 5.91 Å². The number of fused-ring (bicyclic) bond motifs is 1. The van der Waals surface area contributed by atoms with Gasteiger partial charge in [-0.05, 0) is 36.4 Å². The van der Waals surface area contributed by atoms with Crippen LogP contribution in [0.5, 0.6) is 0 Å². The third-order valence-corrected chi connectivity index (χ3v) is 4.88. The molecule has 11 heteroatoms. The van der Waals surface area contributed by atoms with Crippen molar-refractivity contribution < 1.29 is 31.1 Å². The summed E-state index contributed by atoms with van der Waals surface area (Å²) >= 11 is 0. The number of benzene rings is 2. The highest BCUT2D eigenvalue weighted by Gasteiger charge is 2.31. The van der Waals surface area contributed by atoms with Crippen molar-refractivity contribution in [1.82, 2.24) is 14.8 Å². The molecule has 0 bridgehead atoms. The number of carbonyl (C=O) groups is 1. The second kappa shape index (κ2) is 7.91. The summed E-state index contributed by atoms with van der Waals surface area (Å²) in [4.78, 5) is 17.3. The summed E-state index contributed by atoms with van der Waals surface area (Å²) in [6, 6.07) is 9.82. The minimum absolute atomic E-state index is 0.00192. The van der Waals surface area contributed by atoms with Crippen molar-refractivity contribution in [2.75, 3.05) is 5.32 Å². The van der Waals surface area contributed by atoms with Crippen LogP contribution in [0.1, 0.15) is 21.5 Å². The fourth-order valence-corrected chi connectivity index (χ4v) is 3.28. The van der Waals surface area contributed by atoms with Gasteiger partial charge in [0, 0.05) is 18.3 Å². The van der Waals surface area contributed by atoms with Crippen LogP contribution in [-0.2, 0) is 19.4 Å². The molecule has 170 valence electrons. The van der Waals surface area contributed by atoms with Crippen molar-refractivity contribution in [3.05, 3.63) is 77.5 Å². The Hall–Kier alpha value is -3.89. The van der Waals surface area contributed by atoms with Crippen LogP contribution in [0.2, 0.25) is 0 Å². The van der Waals surface area contributed by atoms with Crippen LogP contribution in [0.25, 0.3) is 22.3 Å². The quantitative estimate of drug-likeness (QED) is 0.383. The number of alkyl halides is 6. The summed E-state index contributed by atoms with van der Waals surface area (Å²) in [6.45, 7) is 0. The van der Waals surface area contributed by atoms with E-state index in [2.05, 4.69) is 15.4 Å². The number of nitrogens with zero attached hydrogens (tertiary/aromatic N) is 3. The normalized spacial score (nSPS) is 12.2. The summed E-state index contributed by atoms with van der Waals surface area (Å²) < 4.78 is 79.7. The molecule has 33 heavy (non-hydrogen) atoms. The molecule has 1 amide bonds. The van der Waals surface area contributed by atoms with E-state index in [1.165, 1.54) is 35.1 Å². The number of aryl methyl sites for hydroxylation is 1. The lowest BCUT2D eigenvalue weighted by molar-refractivity contribution is -0.138. The minimum Gasteiger partial charge on any atom is -0.322 e. The molecule has 4 rings (SSSR count). The van der Waals surface area contributed by atoms with Gasteiger partial charge in [0.2, 0.25) is 0 Å². The third-order valence-electron chi connectivity index (χ3n) is 4.88. The van der Waals surface area contributed by atoms with Gasteiger partial charge < -0.3 is 5.32 Å². The van der Waals surface area contributed by atoms with Crippen molar-refractivity contribution in [2.24, 2.45) is 7.05 Å². The molecule has 2 heterocycles. The lowest BCUT2D eigenvalue weighted by Gasteiger charge is -2.12.